The van der Waals surface area contributed by atoms with Gasteiger partial charge in [-0.15, -0.1) is 10.2 Å². The van der Waals surface area contributed by atoms with Gasteiger partial charge in [0.15, 0.2) is 5.69 Å². The van der Waals surface area contributed by atoms with Gasteiger partial charge in [-0.3, -0.25) is 9.59 Å². The Morgan fingerprint density at radius 3 is 2.96 bits per heavy atom. The van der Waals surface area contributed by atoms with Crippen molar-refractivity contribution in [3.05, 3.63) is 22.7 Å². The molecule has 1 aromatic heterocycles. The third kappa shape index (κ3) is 3.21. The van der Waals surface area contributed by atoms with Crippen LogP contribution in [-0.2, 0) is 9.59 Å². The van der Waals surface area contributed by atoms with Crippen LogP contribution >= 0.6 is 15.9 Å². The highest BCUT2D eigenvalue weighted by atomic mass is 79.9. The number of benzene rings is 1. The van der Waals surface area contributed by atoms with Crippen LogP contribution in [0.4, 0.5) is 5.69 Å². The molecule has 0 saturated carbocycles. The van der Waals surface area contributed by atoms with E-state index in [1.807, 2.05) is 6.07 Å². The van der Waals surface area contributed by atoms with E-state index in [0.717, 1.165) is 4.47 Å². The van der Waals surface area contributed by atoms with Crippen molar-refractivity contribution < 1.29 is 14.7 Å². The van der Waals surface area contributed by atoms with Gasteiger partial charge in [0.2, 0.25) is 11.8 Å². The molecule has 1 aliphatic rings. The monoisotopic (exact) mass is 391 g/mol. The van der Waals surface area contributed by atoms with Gasteiger partial charge in [0.1, 0.15) is 0 Å². The van der Waals surface area contributed by atoms with Crippen LogP contribution in [0.3, 0.4) is 0 Å². The van der Waals surface area contributed by atoms with Crippen molar-refractivity contribution in [2.24, 2.45) is 21.2 Å². The number of nitrogens with zero attached hydrogens (tertiary/aromatic N) is 3. The van der Waals surface area contributed by atoms with Crippen LogP contribution in [-0.4, -0.2) is 27.6 Å². The number of aromatic hydroxyl groups is 1. The summed E-state index contributed by atoms with van der Waals surface area (Å²) in [5.74, 6) is -1.23. The van der Waals surface area contributed by atoms with Gasteiger partial charge in [-0.2, -0.15) is 5.10 Å². The summed E-state index contributed by atoms with van der Waals surface area (Å²) in [5, 5.41) is 21.9. The van der Waals surface area contributed by atoms with Crippen LogP contribution < -0.4 is 5.43 Å². The van der Waals surface area contributed by atoms with Crippen LogP contribution in [0.1, 0.15) is 19.8 Å². The van der Waals surface area contributed by atoms with Crippen molar-refractivity contribution in [3.8, 4) is 5.88 Å². The van der Waals surface area contributed by atoms with Gasteiger partial charge in [0.25, 0.3) is 5.91 Å². The minimum atomic E-state index is -0.466. The number of aromatic nitrogens is 1. The van der Waals surface area contributed by atoms with Crippen molar-refractivity contribution in [1.29, 1.82) is 0 Å². The van der Waals surface area contributed by atoms with E-state index in [4.69, 9.17) is 0 Å². The number of amides is 2. The predicted octanol–water partition coefficient (Wildman–Crippen LogP) is 3.15. The lowest BCUT2D eigenvalue weighted by Crippen LogP contribution is -2.22. The van der Waals surface area contributed by atoms with Crippen molar-refractivity contribution in [2.45, 2.75) is 19.8 Å². The second-order valence-electron chi connectivity index (χ2n) is 5.43. The van der Waals surface area contributed by atoms with Crippen LogP contribution in [0.25, 0.3) is 10.9 Å². The van der Waals surface area contributed by atoms with Gasteiger partial charge < -0.3 is 10.1 Å². The van der Waals surface area contributed by atoms with Crippen LogP contribution in [0.15, 0.2) is 38.0 Å². The molecule has 2 amide bonds. The molecule has 0 unspecified atom stereocenters. The maximum atomic E-state index is 11.9. The largest absolute Gasteiger partial charge is 0.493 e. The van der Waals surface area contributed by atoms with E-state index >= 15 is 0 Å². The number of hydrogen-bond donors (Lipinski definition) is 3. The van der Waals surface area contributed by atoms with Gasteiger partial charge in [-0.25, -0.2) is 5.43 Å². The molecule has 0 spiro atoms. The highest BCUT2D eigenvalue weighted by molar-refractivity contribution is 9.10. The first-order valence-electron chi connectivity index (χ1n) is 7.24. The number of azo groups is 1. The number of halogens is 1. The summed E-state index contributed by atoms with van der Waals surface area (Å²) in [6.07, 6.45) is 0.395. The smallest absolute Gasteiger partial charge is 0.264 e. The first kappa shape index (κ1) is 16.3. The van der Waals surface area contributed by atoms with Crippen LogP contribution in [0.5, 0.6) is 5.88 Å². The highest BCUT2D eigenvalue weighted by Gasteiger charge is 2.27. The van der Waals surface area contributed by atoms with E-state index in [9.17, 15) is 14.7 Å². The fourth-order valence-corrected chi connectivity index (χ4v) is 2.85. The van der Waals surface area contributed by atoms with E-state index in [0.29, 0.717) is 23.0 Å². The fraction of sp³-hybridized carbons (Fsp3) is 0.267. The average molecular weight is 392 g/mol. The average Bonchev–Trinajstić information content (AvgIpc) is 3.02. The Morgan fingerprint density at radius 1 is 1.46 bits per heavy atom. The molecule has 0 saturated heterocycles. The summed E-state index contributed by atoms with van der Waals surface area (Å²) in [5.41, 5.74) is 3.92. The molecule has 9 heteroatoms. The molecule has 3 rings (SSSR count). The van der Waals surface area contributed by atoms with Crippen molar-refractivity contribution >= 4 is 50.0 Å². The molecule has 8 nitrogen and oxygen atoms in total. The van der Waals surface area contributed by atoms with Crippen molar-refractivity contribution in [3.63, 3.8) is 0 Å². The Hall–Kier alpha value is -2.55. The zero-order valence-electron chi connectivity index (χ0n) is 12.7. The lowest BCUT2D eigenvalue weighted by atomic mass is 9.99. The first-order chi connectivity index (χ1) is 11.5. The van der Waals surface area contributed by atoms with Crippen LogP contribution in [0, 0.1) is 5.92 Å². The molecule has 2 heterocycles. The summed E-state index contributed by atoms with van der Waals surface area (Å²) in [6, 6.07) is 5.37. The van der Waals surface area contributed by atoms with Gasteiger partial charge in [0, 0.05) is 22.0 Å². The quantitative estimate of drug-likeness (QED) is 0.694. The van der Waals surface area contributed by atoms with Crippen molar-refractivity contribution in [1.82, 2.24) is 10.4 Å². The maximum Gasteiger partial charge on any atom is 0.264 e. The number of H-pyrrole nitrogens is 1. The Morgan fingerprint density at radius 2 is 2.25 bits per heavy atom. The maximum absolute atomic E-state index is 11.9. The SMILES string of the molecule is CC1=NNC(=O)[C@@H]1CCC(=O)N=Nc1c(O)[nH]c2ccc(Br)cc12. The van der Waals surface area contributed by atoms with Crippen LogP contribution in [0.2, 0.25) is 0 Å². The number of aromatic amines is 1. The first-order valence-corrected chi connectivity index (χ1v) is 8.04. The molecule has 3 N–H and O–H groups in total. The van der Waals surface area contributed by atoms with Gasteiger partial charge in [0.05, 0.1) is 11.4 Å². The topological polar surface area (TPSA) is 119 Å². The molecular formula is C15H14BrN5O3. The zero-order chi connectivity index (χ0) is 17.3. The summed E-state index contributed by atoms with van der Waals surface area (Å²) in [4.78, 5) is 26.2. The zero-order valence-corrected chi connectivity index (χ0v) is 14.3. The Bertz CT molecular complexity index is 887. The van der Waals surface area contributed by atoms with Gasteiger partial charge in [-0.1, -0.05) is 15.9 Å². The standard InChI is InChI=1S/C15H14BrN5O3/c1-7-9(14(23)21-18-7)3-5-12(22)19-20-13-10-6-8(16)2-4-11(10)17-15(13)24/h2,4,6,9,17,24H,3,5H2,1H3,(H,21,23)/t9-/m1/s1. The normalized spacial score (nSPS) is 17.5. The second-order valence-corrected chi connectivity index (χ2v) is 6.34. The summed E-state index contributed by atoms with van der Waals surface area (Å²) in [7, 11) is 0. The third-order valence-electron chi connectivity index (χ3n) is 3.79. The van der Waals surface area contributed by atoms with E-state index in [-0.39, 0.29) is 23.9 Å². The molecular weight excluding hydrogens is 378 g/mol. The van der Waals surface area contributed by atoms with Crippen molar-refractivity contribution in [2.75, 3.05) is 0 Å². The van der Waals surface area contributed by atoms with Gasteiger partial charge >= 0.3 is 0 Å². The van der Waals surface area contributed by atoms with E-state index in [1.165, 1.54) is 0 Å². The molecule has 1 aliphatic heterocycles. The number of carbonyl (C=O) groups excluding carboxylic acids is 2. The predicted molar refractivity (Wildman–Crippen MR) is 91.2 cm³/mol. The molecule has 24 heavy (non-hydrogen) atoms. The lowest BCUT2D eigenvalue weighted by molar-refractivity contribution is -0.122. The van der Waals surface area contributed by atoms with E-state index < -0.39 is 11.8 Å². The minimum Gasteiger partial charge on any atom is -0.493 e. The molecule has 0 fully saturated rings. The number of hydrazone groups is 1. The summed E-state index contributed by atoms with van der Waals surface area (Å²) in [6.45, 7) is 1.73. The lowest BCUT2D eigenvalue weighted by Gasteiger charge is -2.04. The number of fused-ring (bicyclic) bond motifs is 1. The highest BCUT2D eigenvalue weighted by Crippen LogP contribution is 2.36. The van der Waals surface area contributed by atoms with Gasteiger partial charge in [-0.05, 0) is 31.5 Å². The Kier molecular flexibility index (Phi) is 4.43. The fourth-order valence-electron chi connectivity index (χ4n) is 2.49. The molecule has 0 radical (unpaired) electrons. The number of carbonyl (C=O) groups is 2. The summed E-state index contributed by atoms with van der Waals surface area (Å²) < 4.78 is 0.818. The third-order valence-corrected chi connectivity index (χ3v) is 4.28. The molecule has 0 bridgehead atoms. The molecule has 0 aliphatic carbocycles. The van der Waals surface area contributed by atoms with E-state index in [1.54, 1.807) is 19.1 Å². The summed E-state index contributed by atoms with van der Waals surface area (Å²) >= 11 is 3.35. The molecule has 2 aromatic rings. The Balaban J connectivity index is 1.70. The Labute approximate surface area is 145 Å². The molecule has 1 aromatic carbocycles. The molecule has 124 valence electrons. The molecule has 1 atom stereocenters. The number of rotatable bonds is 4. The minimum absolute atomic E-state index is 0.0707. The van der Waals surface area contributed by atoms with E-state index in [2.05, 4.69) is 41.7 Å². The number of hydrogen-bond acceptors (Lipinski definition) is 5. The number of nitrogens with one attached hydrogen (secondary N) is 2. The second kappa shape index (κ2) is 6.52.